The summed E-state index contributed by atoms with van der Waals surface area (Å²) in [7, 11) is -3.49. The van der Waals surface area contributed by atoms with Crippen LogP contribution in [0.2, 0.25) is 0 Å². The molecule has 0 bridgehead atoms. The first kappa shape index (κ1) is 16.2. The van der Waals surface area contributed by atoms with Crippen LogP contribution in [0.3, 0.4) is 0 Å². The second-order valence-corrected chi connectivity index (χ2v) is 8.52. The van der Waals surface area contributed by atoms with Gasteiger partial charge in [0.05, 0.1) is 4.90 Å². The highest BCUT2D eigenvalue weighted by Crippen LogP contribution is 2.67. The van der Waals surface area contributed by atoms with Crippen LogP contribution >= 0.6 is 0 Å². The SMILES string of the molecule is CCNc1cc(S(=O)(=O)NCC2C(C)(C)C2(C)C)ccn1. The molecule has 0 spiro atoms. The maximum atomic E-state index is 12.4. The Hall–Kier alpha value is -1.14. The summed E-state index contributed by atoms with van der Waals surface area (Å²) in [5, 5.41) is 3.02. The number of nitrogens with one attached hydrogen (secondary N) is 2. The van der Waals surface area contributed by atoms with Gasteiger partial charge in [-0.3, -0.25) is 0 Å². The highest BCUT2D eigenvalue weighted by atomic mass is 32.2. The van der Waals surface area contributed by atoms with Gasteiger partial charge in [0.1, 0.15) is 5.82 Å². The normalized spacial score (nSPS) is 20.2. The van der Waals surface area contributed by atoms with Gasteiger partial charge in [0.15, 0.2) is 0 Å². The van der Waals surface area contributed by atoms with Crippen molar-refractivity contribution >= 4 is 15.8 Å². The number of nitrogens with zero attached hydrogens (tertiary/aromatic N) is 1. The fourth-order valence-electron chi connectivity index (χ4n) is 2.98. The zero-order chi connectivity index (χ0) is 15.9. The van der Waals surface area contributed by atoms with Crippen molar-refractivity contribution in [1.82, 2.24) is 9.71 Å². The van der Waals surface area contributed by atoms with Gasteiger partial charge in [-0.2, -0.15) is 0 Å². The summed E-state index contributed by atoms with van der Waals surface area (Å²) in [5.41, 5.74) is 0.339. The minimum Gasteiger partial charge on any atom is -0.370 e. The first-order chi connectivity index (χ1) is 9.63. The van der Waals surface area contributed by atoms with E-state index in [4.69, 9.17) is 0 Å². The smallest absolute Gasteiger partial charge is 0.240 e. The van der Waals surface area contributed by atoms with Crippen LogP contribution in [0, 0.1) is 16.7 Å². The molecular weight excluding hydrogens is 286 g/mol. The number of anilines is 1. The Morgan fingerprint density at radius 3 is 2.38 bits per heavy atom. The van der Waals surface area contributed by atoms with Gasteiger partial charge in [0.2, 0.25) is 10.0 Å². The van der Waals surface area contributed by atoms with Gasteiger partial charge < -0.3 is 5.32 Å². The van der Waals surface area contributed by atoms with Crippen LogP contribution in [-0.4, -0.2) is 26.5 Å². The Bertz CT molecular complexity index is 610. The largest absolute Gasteiger partial charge is 0.370 e. The van der Waals surface area contributed by atoms with Crippen LogP contribution < -0.4 is 10.0 Å². The fourth-order valence-corrected chi connectivity index (χ4v) is 4.04. The number of hydrogen-bond donors (Lipinski definition) is 2. The molecule has 0 saturated heterocycles. The van der Waals surface area contributed by atoms with Gasteiger partial charge >= 0.3 is 0 Å². The lowest BCUT2D eigenvalue weighted by molar-refractivity contribution is 0.457. The quantitative estimate of drug-likeness (QED) is 0.846. The van der Waals surface area contributed by atoms with Gasteiger partial charge in [-0.1, -0.05) is 27.7 Å². The van der Waals surface area contributed by atoms with E-state index in [0.717, 1.165) is 0 Å². The molecule has 0 aromatic carbocycles. The molecule has 0 atom stereocenters. The monoisotopic (exact) mass is 311 g/mol. The van der Waals surface area contributed by atoms with Crippen molar-refractivity contribution in [2.45, 2.75) is 39.5 Å². The van der Waals surface area contributed by atoms with Crippen molar-refractivity contribution in [3.63, 3.8) is 0 Å². The third kappa shape index (κ3) is 2.92. The van der Waals surface area contributed by atoms with E-state index in [1.54, 1.807) is 6.07 Å². The Labute approximate surface area is 127 Å². The summed E-state index contributed by atoms with van der Waals surface area (Å²) in [6.45, 7) is 11.8. The Balaban J connectivity index is 2.08. The molecule has 0 aliphatic heterocycles. The minimum atomic E-state index is -3.49. The third-order valence-corrected chi connectivity index (χ3v) is 6.62. The Kier molecular flexibility index (Phi) is 4.06. The standard InChI is InChI=1S/C15H25N3O2S/c1-6-16-13-9-11(7-8-17-13)21(19,20)18-10-12-14(2,3)15(12,4)5/h7-9,12,18H,6,10H2,1-5H3,(H,16,17). The maximum absolute atomic E-state index is 12.4. The lowest BCUT2D eigenvalue weighted by Gasteiger charge is -2.09. The number of sulfonamides is 1. The molecule has 2 rings (SSSR count). The lowest BCUT2D eigenvalue weighted by Crippen LogP contribution is -2.27. The first-order valence-electron chi connectivity index (χ1n) is 7.32. The topological polar surface area (TPSA) is 71.1 Å². The van der Waals surface area contributed by atoms with Crippen molar-refractivity contribution < 1.29 is 8.42 Å². The van der Waals surface area contributed by atoms with E-state index in [-0.39, 0.29) is 15.7 Å². The molecule has 118 valence electrons. The van der Waals surface area contributed by atoms with E-state index in [1.807, 2.05) is 6.92 Å². The molecule has 2 N–H and O–H groups in total. The first-order valence-corrected chi connectivity index (χ1v) is 8.81. The minimum absolute atomic E-state index is 0.169. The average molecular weight is 311 g/mol. The van der Waals surface area contributed by atoms with E-state index < -0.39 is 10.0 Å². The lowest BCUT2D eigenvalue weighted by atomic mass is 10.0. The van der Waals surface area contributed by atoms with Crippen molar-refractivity contribution in [2.24, 2.45) is 16.7 Å². The summed E-state index contributed by atoms with van der Waals surface area (Å²) in [6, 6.07) is 3.08. The highest BCUT2D eigenvalue weighted by Gasteiger charge is 2.64. The van der Waals surface area contributed by atoms with Crippen molar-refractivity contribution in [2.75, 3.05) is 18.4 Å². The third-order valence-electron chi connectivity index (χ3n) is 5.20. The van der Waals surface area contributed by atoms with E-state index in [9.17, 15) is 8.42 Å². The predicted molar refractivity (Wildman–Crippen MR) is 84.6 cm³/mol. The van der Waals surface area contributed by atoms with Crippen LogP contribution in [0.5, 0.6) is 0 Å². The maximum Gasteiger partial charge on any atom is 0.240 e. The molecule has 6 heteroatoms. The molecule has 1 saturated carbocycles. The molecule has 5 nitrogen and oxygen atoms in total. The zero-order valence-corrected chi connectivity index (χ0v) is 14.2. The summed E-state index contributed by atoms with van der Waals surface area (Å²) in [4.78, 5) is 4.35. The summed E-state index contributed by atoms with van der Waals surface area (Å²) in [6.07, 6.45) is 1.51. The van der Waals surface area contributed by atoms with E-state index in [2.05, 4.69) is 42.7 Å². The average Bonchev–Trinajstić information content (AvgIpc) is 2.78. The summed E-state index contributed by atoms with van der Waals surface area (Å²) < 4.78 is 27.5. The number of rotatable bonds is 6. The van der Waals surface area contributed by atoms with Crippen LogP contribution in [0.4, 0.5) is 5.82 Å². The zero-order valence-electron chi connectivity index (χ0n) is 13.4. The molecule has 1 fully saturated rings. The molecule has 0 amide bonds. The molecule has 0 unspecified atom stereocenters. The van der Waals surface area contributed by atoms with E-state index >= 15 is 0 Å². The van der Waals surface area contributed by atoms with Crippen molar-refractivity contribution in [3.8, 4) is 0 Å². The molecule has 1 aromatic heterocycles. The predicted octanol–water partition coefficient (Wildman–Crippen LogP) is 2.47. The molecule has 1 heterocycles. The van der Waals surface area contributed by atoms with Crippen LogP contribution in [0.15, 0.2) is 23.2 Å². The molecule has 0 radical (unpaired) electrons. The van der Waals surface area contributed by atoms with Crippen LogP contribution in [-0.2, 0) is 10.0 Å². The van der Waals surface area contributed by atoms with Gasteiger partial charge in [0, 0.05) is 25.4 Å². The van der Waals surface area contributed by atoms with Crippen LogP contribution in [0.25, 0.3) is 0 Å². The highest BCUT2D eigenvalue weighted by molar-refractivity contribution is 7.89. The van der Waals surface area contributed by atoms with Crippen LogP contribution in [0.1, 0.15) is 34.6 Å². The Morgan fingerprint density at radius 1 is 1.24 bits per heavy atom. The van der Waals surface area contributed by atoms with E-state index in [0.29, 0.717) is 24.8 Å². The number of hydrogen-bond acceptors (Lipinski definition) is 4. The Morgan fingerprint density at radius 2 is 1.86 bits per heavy atom. The second kappa shape index (κ2) is 5.25. The van der Waals surface area contributed by atoms with Crippen molar-refractivity contribution in [3.05, 3.63) is 18.3 Å². The van der Waals surface area contributed by atoms with Gasteiger partial charge in [-0.25, -0.2) is 18.1 Å². The van der Waals surface area contributed by atoms with E-state index in [1.165, 1.54) is 12.3 Å². The fraction of sp³-hybridized carbons (Fsp3) is 0.667. The van der Waals surface area contributed by atoms with Gasteiger partial charge in [-0.05, 0) is 29.7 Å². The van der Waals surface area contributed by atoms with Crippen molar-refractivity contribution in [1.29, 1.82) is 0 Å². The number of aromatic nitrogens is 1. The second-order valence-electron chi connectivity index (χ2n) is 6.75. The number of pyridine rings is 1. The van der Waals surface area contributed by atoms with Gasteiger partial charge in [0.25, 0.3) is 0 Å². The summed E-state index contributed by atoms with van der Waals surface area (Å²) in [5.74, 6) is 0.933. The summed E-state index contributed by atoms with van der Waals surface area (Å²) >= 11 is 0. The molecule has 1 aliphatic carbocycles. The molecule has 1 aliphatic rings. The van der Waals surface area contributed by atoms with Gasteiger partial charge in [-0.15, -0.1) is 0 Å². The molecular formula is C15H25N3O2S. The molecule has 1 aromatic rings. The molecule has 21 heavy (non-hydrogen) atoms.